The Balaban J connectivity index is 1.06. The molecule has 12 rings (SSSR count). The van der Waals surface area contributed by atoms with Crippen molar-refractivity contribution in [2.24, 2.45) is 0 Å². The Hall–Kier alpha value is -7.30. The first-order valence-electron chi connectivity index (χ1n) is 18.2. The summed E-state index contributed by atoms with van der Waals surface area (Å²) in [7, 11) is 0. The van der Waals surface area contributed by atoms with Crippen molar-refractivity contribution < 1.29 is 13.3 Å². The van der Waals surface area contributed by atoms with E-state index < -0.39 is 0 Å². The molecule has 0 fully saturated rings. The highest BCUT2D eigenvalue weighted by Crippen LogP contribution is 2.47. The van der Waals surface area contributed by atoms with Crippen LogP contribution in [-0.2, 0) is 0 Å². The molecule has 0 saturated carbocycles. The Bertz CT molecular complexity index is 3450. The quantitative estimate of drug-likeness (QED) is 0.184. The monoisotopic (exact) mass is 691 g/mol. The molecule has 0 aliphatic carbocycles. The van der Waals surface area contributed by atoms with Crippen molar-refractivity contribution in [1.82, 2.24) is 0 Å². The molecular formula is C50H29NO3. The van der Waals surface area contributed by atoms with Gasteiger partial charge in [0.05, 0.1) is 16.8 Å². The van der Waals surface area contributed by atoms with Crippen LogP contribution in [0, 0.1) is 0 Å². The maximum Gasteiger partial charge on any atom is 0.159 e. The summed E-state index contributed by atoms with van der Waals surface area (Å²) in [5.41, 5.74) is 10.4. The minimum Gasteiger partial charge on any atom is -0.456 e. The molecule has 0 bridgehead atoms. The normalized spacial score (nSPS) is 12.1. The van der Waals surface area contributed by atoms with Crippen LogP contribution in [0.5, 0.6) is 0 Å². The molecule has 3 heterocycles. The molecule has 0 amide bonds. The smallest absolute Gasteiger partial charge is 0.159 e. The molecule has 54 heavy (non-hydrogen) atoms. The Morgan fingerprint density at radius 1 is 0.315 bits per heavy atom. The molecule has 9 aromatic carbocycles. The topological polar surface area (TPSA) is 42.7 Å². The molecule has 0 saturated heterocycles. The van der Waals surface area contributed by atoms with E-state index in [1.54, 1.807) is 0 Å². The van der Waals surface area contributed by atoms with E-state index >= 15 is 0 Å². The number of anilines is 3. The van der Waals surface area contributed by atoms with Crippen molar-refractivity contribution in [2.75, 3.05) is 4.90 Å². The fraction of sp³-hybridized carbons (Fsp3) is 0. The van der Waals surface area contributed by atoms with Gasteiger partial charge in [0.25, 0.3) is 0 Å². The summed E-state index contributed by atoms with van der Waals surface area (Å²) in [6, 6.07) is 61.8. The van der Waals surface area contributed by atoms with Gasteiger partial charge in [-0.3, -0.25) is 0 Å². The summed E-state index contributed by atoms with van der Waals surface area (Å²) in [5.74, 6) is 0. The zero-order valence-electron chi connectivity index (χ0n) is 28.9. The van der Waals surface area contributed by atoms with Crippen LogP contribution in [0.4, 0.5) is 17.1 Å². The van der Waals surface area contributed by atoms with E-state index in [4.69, 9.17) is 13.3 Å². The van der Waals surface area contributed by atoms with E-state index in [0.29, 0.717) is 0 Å². The van der Waals surface area contributed by atoms with Crippen LogP contribution < -0.4 is 4.90 Å². The van der Waals surface area contributed by atoms with Crippen LogP contribution in [0.25, 0.3) is 98.5 Å². The second-order valence-electron chi connectivity index (χ2n) is 14.0. The predicted octanol–water partition coefficient (Wildman–Crippen LogP) is 14.8. The van der Waals surface area contributed by atoms with Crippen LogP contribution in [0.2, 0.25) is 0 Å². The third kappa shape index (κ3) is 4.19. The van der Waals surface area contributed by atoms with E-state index in [1.165, 1.54) is 5.39 Å². The number of fused-ring (bicyclic) bond motifs is 13. The number of furan rings is 3. The lowest BCUT2D eigenvalue weighted by Crippen LogP contribution is -2.10. The van der Waals surface area contributed by atoms with Gasteiger partial charge in [0.15, 0.2) is 5.58 Å². The van der Waals surface area contributed by atoms with E-state index in [9.17, 15) is 0 Å². The molecular weight excluding hydrogens is 663 g/mol. The second-order valence-corrected chi connectivity index (χ2v) is 14.0. The summed E-state index contributed by atoms with van der Waals surface area (Å²) in [6.45, 7) is 0. The van der Waals surface area contributed by atoms with E-state index in [0.717, 1.165) is 110 Å². The van der Waals surface area contributed by atoms with Gasteiger partial charge in [-0.25, -0.2) is 0 Å². The zero-order chi connectivity index (χ0) is 35.3. The van der Waals surface area contributed by atoms with Crippen LogP contribution in [0.1, 0.15) is 0 Å². The standard InChI is InChI=1S/C50H29NO3/c1-3-11-35-31(9-1)21-27-39-37-26-23-33(29-46(37)53-48(35)39)30-19-24-34(25-20-30)51(42-15-8-18-45-47(42)41-13-5-6-17-44(41)52-45)43-16-7-14-38-40-28-22-32-10-2-4-12-36(32)49(40)54-50(38)43/h1-29H. The summed E-state index contributed by atoms with van der Waals surface area (Å²) >= 11 is 0. The molecule has 4 nitrogen and oxygen atoms in total. The molecule has 0 radical (unpaired) electrons. The Kier molecular flexibility index (Phi) is 6.02. The molecule has 0 spiro atoms. The summed E-state index contributed by atoms with van der Waals surface area (Å²) in [6.07, 6.45) is 0. The Labute approximate surface area is 308 Å². The van der Waals surface area contributed by atoms with Crippen molar-refractivity contribution in [2.45, 2.75) is 0 Å². The molecule has 0 aliphatic rings. The molecule has 0 unspecified atom stereocenters. The van der Waals surface area contributed by atoms with Gasteiger partial charge in [-0.15, -0.1) is 0 Å². The fourth-order valence-corrected chi connectivity index (χ4v) is 8.52. The summed E-state index contributed by atoms with van der Waals surface area (Å²) in [5, 5.41) is 11.1. The SMILES string of the molecule is c1ccc2c(c1)ccc1c3ccc(-c4ccc(N(c5cccc6c5oc5c7ccccc7ccc65)c5cccc6oc7ccccc7c56)cc4)cc3oc21. The van der Waals surface area contributed by atoms with Crippen LogP contribution >= 0.6 is 0 Å². The van der Waals surface area contributed by atoms with Gasteiger partial charge in [0, 0.05) is 43.4 Å². The van der Waals surface area contributed by atoms with Crippen molar-refractivity contribution in [3.05, 3.63) is 176 Å². The molecule has 12 aromatic rings. The van der Waals surface area contributed by atoms with Gasteiger partial charge in [-0.1, -0.05) is 115 Å². The maximum absolute atomic E-state index is 6.91. The molecule has 4 heteroatoms. The van der Waals surface area contributed by atoms with Gasteiger partial charge in [-0.2, -0.15) is 0 Å². The van der Waals surface area contributed by atoms with Crippen molar-refractivity contribution in [3.63, 3.8) is 0 Å². The van der Waals surface area contributed by atoms with Gasteiger partial charge in [0.1, 0.15) is 27.9 Å². The fourth-order valence-electron chi connectivity index (χ4n) is 8.52. The highest BCUT2D eigenvalue weighted by atomic mass is 16.3. The minimum atomic E-state index is 0.834. The molecule has 0 atom stereocenters. The van der Waals surface area contributed by atoms with Crippen molar-refractivity contribution >= 4 is 104 Å². The lowest BCUT2D eigenvalue weighted by Gasteiger charge is -2.26. The van der Waals surface area contributed by atoms with Crippen LogP contribution in [-0.4, -0.2) is 0 Å². The number of hydrogen-bond donors (Lipinski definition) is 0. The Morgan fingerprint density at radius 3 is 1.69 bits per heavy atom. The number of para-hydroxylation sites is 2. The highest BCUT2D eigenvalue weighted by Gasteiger charge is 2.24. The molecule has 252 valence electrons. The summed E-state index contributed by atoms with van der Waals surface area (Å²) < 4.78 is 19.8. The predicted molar refractivity (Wildman–Crippen MR) is 223 cm³/mol. The highest BCUT2D eigenvalue weighted by molar-refractivity contribution is 6.19. The first kappa shape index (κ1) is 29.3. The number of rotatable bonds is 4. The number of nitrogens with zero attached hydrogens (tertiary/aromatic N) is 1. The first-order valence-corrected chi connectivity index (χ1v) is 18.2. The van der Waals surface area contributed by atoms with Crippen LogP contribution in [0.15, 0.2) is 189 Å². The second kappa shape index (κ2) is 11.1. The lowest BCUT2D eigenvalue weighted by molar-refractivity contribution is 0.668. The lowest BCUT2D eigenvalue weighted by atomic mass is 10.0. The van der Waals surface area contributed by atoms with Crippen LogP contribution in [0.3, 0.4) is 0 Å². The summed E-state index contributed by atoms with van der Waals surface area (Å²) in [4.78, 5) is 2.31. The Morgan fingerprint density at radius 2 is 0.889 bits per heavy atom. The van der Waals surface area contributed by atoms with Gasteiger partial charge < -0.3 is 18.2 Å². The van der Waals surface area contributed by atoms with Gasteiger partial charge in [0.2, 0.25) is 0 Å². The largest absolute Gasteiger partial charge is 0.456 e. The average Bonchev–Trinajstić information content (AvgIpc) is 3.93. The van der Waals surface area contributed by atoms with E-state index in [2.05, 4.69) is 163 Å². The van der Waals surface area contributed by atoms with E-state index in [-0.39, 0.29) is 0 Å². The molecule has 0 aliphatic heterocycles. The third-order valence-electron chi connectivity index (χ3n) is 11.1. The molecule has 3 aromatic heterocycles. The van der Waals surface area contributed by atoms with Gasteiger partial charge >= 0.3 is 0 Å². The van der Waals surface area contributed by atoms with Gasteiger partial charge in [-0.05, 0) is 82.6 Å². The first-order chi connectivity index (χ1) is 26.8. The molecule has 0 N–H and O–H groups in total. The van der Waals surface area contributed by atoms with Crippen molar-refractivity contribution in [1.29, 1.82) is 0 Å². The number of benzene rings is 9. The van der Waals surface area contributed by atoms with E-state index in [1.807, 2.05) is 18.2 Å². The minimum absolute atomic E-state index is 0.834. The zero-order valence-corrected chi connectivity index (χ0v) is 28.9. The van der Waals surface area contributed by atoms with Crippen molar-refractivity contribution in [3.8, 4) is 11.1 Å². The number of hydrogen-bond acceptors (Lipinski definition) is 4. The average molecular weight is 692 g/mol. The third-order valence-corrected chi connectivity index (χ3v) is 11.1. The maximum atomic E-state index is 6.91.